The number of para-hydroxylation sites is 1. The van der Waals surface area contributed by atoms with E-state index >= 15 is 0 Å². The van der Waals surface area contributed by atoms with Gasteiger partial charge in [-0.2, -0.15) is 0 Å². The monoisotopic (exact) mass is 342 g/mol. The van der Waals surface area contributed by atoms with Gasteiger partial charge in [-0.3, -0.25) is 9.59 Å². The molecule has 0 saturated carbocycles. The number of nitrogens with zero attached hydrogens (tertiary/aromatic N) is 1. The number of hydrogen-bond acceptors (Lipinski definition) is 6. The van der Waals surface area contributed by atoms with Gasteiger partial charge in [0.05, 0.1) is 16.9 Å². The third-order valence-electron chi connectivity index (χ3n) is 3.76. The Morgan fingerprint density at radius 3 is 2.60 bits per heavy atom. The van der Waals surface area contributed by atoms with E-state index in [0.717, 1.165) is 16.3 Å². The van der Waals surface area contributed by atoms with Crippen molar-refractivity contribution >= 4 is 33.7 Å². The average molecular weight is 342 g/mol. The molecule has 1 aromatic carbocycles. The summed E-state index contributed by atoms with van der Waals surface area (Å²) in [6.07, 6.45) is -1.10. The number of H-pyrrole nitrogens is 1. The van der Waals surface area contributed by atoms with Gasteiger partial charge in [-0.25, -0.2) is 4.98 Å². The van der Waals surface area contributed by atoms with Crippen LogP contribution < -0.4 is 0 Å². The van der Waals surface area contributed by atoms with Crippen LogP contribution >= 0.6 is 0 Å². The molecular formula is C18H18N2O5. The molecule has 0 aliphatic carbocycles. The molecular weight excluding hydrogens is 324 g/mol. The molecule has 0 amide bonds. The van der Waals surface area contributed by atoms with E-state index in [9.17, 15) is 14.7 Å². The highest BCUT2D eigenvalue weighted by Crippen LogP contribution is 2.30. The van der Waals surface area contributed by atoms with Crippen LogP contribution in [0.2, 0.25) is 0 Å². The van der Waals surface area contributed by atoms with Gasteiger partial charge in [0, 0.05) is 30.1 Å². The standard InChI is InChI=1S/C18H18N2O5/c1-10(21)24-8-12-7-14-13-5-3-4-6-15(13)20-17(14)18(19-12)16(23)9-25-11(2)22/h3-7,16,20,23H,8-9H2,1-2H3. The molecule has 0 bridgehead atoms. The lowest BCUT2D eigenvalue weighted by Gasteiger charge is -2.13. The Morgan fingerprint density at radius 1 is 1.16 bits per heavy atom. The van der Waals surface area contributed by atoms with Crippen LogP contribution in [0.4, 0.5) is 0 Å². The highest BCUT2D eigenvalue weighted by Gasteiger charge is 2.19. The fourth-order valence-electron chi connectivity index (χ4n) is 2.69. The van der Waals surface area contributed by atoms with Crippen LogP contribution in [-0.4, -0.2) is 33.6 Å². The number of aliphatic hydroxyl groups excluding tert-OH is 1. The van der Waals surface area contributed by atoms with E-state index in [0.29, 0.717) is 16.9 Å². The zero-order valence-electron chi connectivity index (χ0n) is 13.9. The van der Waals surface area contributed by atoms with Crippen molar-refractivity contribution in [2.75, 3.05) is 6.61 Å². The third kappa shape index (κ3) is 3.61. The van der Waals surface area contributed by atoms with Crippen molar-refractivity contribution in [1.29, 1.82) is 0 Å². The van der Waals surface area contributed by atoms with Crippen molar-refractivity contribution in [3.05, 3.63) is 41.7 Å². The number of hydrogen-bond donors (Lipinski definition) is 2. The SMILES string of the molecule is CC(=O)OCc1cc2c([nH]c3ccccc32)c(C(O)COC(C)=O)n1. The van der Waals surface area contributed by atoms with Crippen LogP contribution in [0, 0.1) is 0 Å². The largest absolute Gasteiger partial charge is 0.463 e. The van der Waals surface area contributed by atoms with Gasteiger partial charge in [-0.15, -0.1) is 0 Å². The van der Waals surface area contributed by atoms with Crippen molar-refractivity contribution in [2.24, 2.45) is 0 Å². The molecule has 0 aliphatic heterocycles. The molecule has 25 heavy (non-hydrogen) atoms. The summed E-state index contributed by atoms with van der Waals surface area (Å²) >= 11 is 0. The van der Waals surface area contributed by atoms with Crippen LogP contribution in [0.5, 0.6) is 0 Å². The van der Waals surface area contributed by atoms with Crippen LogP contribution in [0.25, 0.3) is 21.8 Å². The smallest absolute Gasteiger partial charge is 0.303 e. The lowest BCUT2D eigenvalue weighted by atomic mass is 10.1. The average Bonchev–Trinajstić information content (AvgIpc) is 2.95. The first-order valence-electron chi connectivity index (χ1n) is 7.80. The molecule has 130 valence electrons. The summed E-state index contributed by atoms with van der Waals surface area (Å²) in [5, 5.41) is 12.2. The minimum absolute atomic E-state index is 0.00192. The van der Waals surface area contributed by atoms with Crippen molar-refractivity contribution in [1.82, 2.24) is 9.97 Å². The summed E-state index contributed by atoms with van der Waals surface area (Å²) in [5.74, 6) is -0.897. The van der Waals surface area contributed by atoms with E-state index in [1.54, 1.807) is 0 Å². The van der Waals surface area contributed by atoms with Gasteiger partial charge in [0.2, 0.25) is 0 Å². The van der Waals surface area contributed by atoms with Gasteiger partial charge in [-0.1, -0.05) is 18.2 Å². The Balaban J connectivity index is 2.10. The first-order chi connectivity index (χ1) is 12.0. The molecule has 2 heterocycles. The summed E-state index contributed by atoms with van der Waals surface area (Å²) in [6, 6.07) is 9.51. The molecule has 0 aliphatic rings. The molecule has 2 aromatic heterocycles. The molecule has 0 saturated heterocycles. The fraction of sp³-hybridized carbons (Fsp3) is 0.278. The van der Waals surface area contributed by atoms with Gasteiger partial charge in [0.25, 0.3) is 0 Å². The second kappa shape index (κ2) is 6.90. The van der Waals surface area contributed by atoms with E-state index in [4.69, 9.17) is 9.47 Å². The summed E-state index contributed by atoms with van der Waals surface area (Å²) in [5.41, 5.74) is 2.40. The van der Waals surface area contributed by atoms with E-state index in [1.165, 1.54) is 13.8 Å². The Bertz CT molecular complexity index is 947. The van der Waals surface area contributed by atoms with Crippen molar-refractivity contribution in [2.45, 2.75) is 26.6 Å². The lowest BCUT2D eigenvalue weighted by Crippen LogP contribution is -2.13. The van der Waals surface area contributed by atoms with E-state index in [2.05, 4.69) is 9.97 Å². The maximum absolute atomic E-state index is 11.1. The molecule has 3 aromatic rings. The number of carbonyl (C=O) groups is 2. The first kappa shape index (κ1) is 16.9. The molecule has 2 N–H and O–H groups in total. The number of ether oxygens (including phenoxy) is 2. The maximum atomic E-state index is 11.1. The third-order valence-corrected chi connectivity index (χ3v) is 3.76. The highest BCUT2D eigenvalue weighted by atomic mass is 16.5. The van der Waals surface area contributed by atoms with Gasteiger partial charge in [0.15, 0.2) is 0 Å². The molecule has 3 rings (SSSR count). The number of nitrogens with one attached hydrogen (secondary N) is 1. The fourth-order valence-corrected chi connectivity index (χ4v) is 2.69. The van der Waals surface area contributed by atoms with Crippen LogP contribution in [0.15, 0.2) is 30.3 Å². The zero-order valence-corrected chi connectivity index (χ0v) is 13.9. The topological polar surface area (TPSA) is 102 Å². The second-order valence-corrected chi connectivity index (χ2v) is 5.69. The number of carbonyl (C=O) groups excluding carboxylic acids is 2. The lowest BCUT2D eigenvalue weighted by molar-refractivity contribution is -0.144. The number of esters is 2. The predicted octanol–water partition coefficient (Wildman–Crippen LogP) is 2.38. The quantitative estimate of drug-likeness (QED) is 0.690. The van der Waals surface area contributed by atoms with Crippen LogP contribution in [0.3, 0.4) is 0 Å². The number of rotatable bonds is 5. The minimum atomic E-state index is -1.10. The number of aromatic amines is 1. The number of pyridine rings is 1. The number of aliphatic hydroxyl groups is 1. The van der Waals surface area contributed by atoms with Gasteiger partial charge >= 0.3 is 11.9 Å². The number of fused-ring (bicyclic) bond motifs is 3. The molecule has 1 atom stereocenters. The molecule has 7 heteroatoms. The second-order valence-electron chi connectivity index (χ2n) is 5.69. The molecule has 1 unspecified atom stereocenters. The summed E-state index contributed by atoms with van der Waals surface area (Å²) in [4.78, 5) is 29.7. The van der Waals surface area contributed by atoms with Gasteiger partial charge in [-0.05, 0) is 12.1 Å². The number of benzene rings is 1. The molecule has 0 fully saturated rings. The highest BCUT2D eigenvalue weighted by molar-refractivity contribution is 6.08. The first-order valence-corrected chi connectivity index (χ1v) is 7.80. The number of aromatic nitrogens is 2. The van der Waals surface area contributed by atoms with Crippen molar-refractivity contribution < 1.29 is 24.2 Å². The van der Waals surface area contributed by atoms with Gasteiger partial charge in [0.1, 0.15) is 19.3 Å². The predicted molar refractivity (Wildman–Crippen MR) is 90.7 cm³/mol. The Labute approximate surface area is 143 Å². The minimum Gasteiger partial charge on any atom is -0.463 e. The molecule has 0 radical (unpaired) electrons. The van der Waals surface area contributed by atoms with Crippen molar-refractivity contribution in [3.8, 4) is 0 Å². The summed E-state index contributed by atoms with van der Waals surface area (Å²) < 4.78 is 9.91. The zero-order chi connectivity index (χ0) is 18.0. The van der Waals surface area contributed by atoms with E-state index in [1.807, 2.05) is 30.3 Å². The van der Waals surface area contributed by atoms with Crippen LogP contribution in [0.1, 0.15) is 31.3 Å². The molecule has 7 nitrogen and oxygen atoms in total. The Morgan fingerprint density at radius 2 is 1.88 bits per heavy atom. The Kier molecular flexibility index (Phi) is 4.67. The summed E-state index contributed by atoms with van der Waals surface area (Å²) in [6.45, 7) is 2.39. The Hall–Kier alpha value is -2.93. The van der Waals surface area contributed by atoms with E-state index < -0.39 is 18.0 Å². The van der Waals surface area contributed by atoms with E-state index in [-0.39, 0.29) is 13.2 Å². The maximum Gasteiger partial charge on any atom is 0.303 e. The van der Waals surface area contributed by atoms with Crippen molar-refractivity contribution in [3.63, 3.8) is 0 Å². The van der Waals surface area contributed by atoms with Gasteiger partial charge < -0.3 is 19.6 Å². The normalized spacial score (nSPS) is 12.3. The summed E-state index contributed by atoms with van der Waals surface area (Å²) in [7, 11) is 0. The van der Waals surface area contributed by atoms with Crippen LogP contribution in [-0.2, 0) is 25.7 Å². The molecule has 0 spiro atoms.